The molecule has 18 heavy (non-hydrogen) atoms. The van der Waals surface area contributed by atoms with Crippen LogP contribution in [-0.4, -0.2) is 39.0 Å². The lowest BCUT2D eigenvalue weighted by molar-refractivity contribution is 0.272. The van der Waals surface area contributed by atoms with Crippen molar-refractivity contribution in [2.24, 2.45) is 0 Å². The number of aromatic amines is 1. The van der Waals surface area contributed by atoms with Gasteiger partial charge < -0.3 is 10.7 Å². The first kappa shape index (κ1) is 11.9. The summed E-state index contributed by atoms with van der Waals surface area (Å²) >= 11 is 2.05. The molecule has 0 spiro atoms. The van der Waals surface area contributed by atoms with Gasteiger partial charge in [0.05, 0.1) is 17.6 Å². The maximum Gasteiger partial charge on any atom is 0.121 e. The largest absolute Gasteiger partial charge is 0.399 e. The molecule has 0 saturated carbocycles. The Balaban J connectivity index is 1.78. The van der Waals surface area contributed by atoms with Crippen LogP contribution in [0.1, 0.15) is 12.7 Å². The van der Waals surface area contributed by atoms with Crippen LogP contribution in [-0.2, 0) is 6.54 Å². The van der Waals surface area contributed by atoms with Crippen molar-refractivity contribution >= 4 is 28.5 Å². The second-order valence-electron chi connectivity index (χ2n) is 4.88. The van der Waals surface area contributed by atoms with E-state index in [2.05, 4.69) is 33.6 Å². The Hall–Kier alpha value is -1.20. The number of rotatable bonds is 2. The molecule has 3 N–H and O–H groups in total. The minimum Gasteiger partial charge on any atom is -0.399 e. The maximum absolute atomic E-state index is 5.77. The molecule has 5 heteroatoms. The predicted octanol–water partition coefficient (Wildman–Crippen LogP) is 2.08. The summed E-state index contributed by atoms with van der Waals surface area (Å²) in [5.74, 6) is 2.25. The molecule has 0 bridgehead atoms. The molecular formula is C13H18N4S. The van der Waals surface area contributed by atoms with Crippen molar-refractivity contribution in [1.29, 1.82) is 0 Å². The second kappa shape index (κ2) is 4.82. The van der Waals surface area contributed by atoms with Gasteiger partial charge in [-0.2, -0.15) is 11.8 Å². The van der Waals surface area contributed by atoms with Crippen LogP contribution in [0.15, 0.2) is 18.2 Å². The fraction of sp³-hybridized carbons (Fsp3) is 0.462. The maximum atomic E-state index is 5.77. The van der Waals surface area contributed by atoms with Gasteiger partial charge in [0.2, 0.25) is 0 Å². The number of nitrogens with one attached hydrogen (secondary N) is 1. The van der Waals surface area contributed by atoms with Crippen molar-refractivity contribution in [3.8, 4) is 0 Å². The Morgan fingerprint density at radius 3 is 3.28 bits per heavy atom. The molecule has 4 nitrogen and oxygen atoms in total. The molecule has 96 valence electrons. The van der Waals surface area contributed by atoms with Crippen molar-refractivity contribution in [3.05, 3.63) is 24.0 Å². The van der Waals surface area contributed by atoms with E-state index in [4.69, 9.17) is 5.73 Å². The Kier molecular flexibility index (Phi) is 3.18. The molecule has 2 aromatic rings. The lowest BCUT2D eigenvalue weighted by atomic mass is 10.3. The van der Waals surface area contributed by atoms with Gasteiger partial charge in [0, 0.05) is 29.8 Å². The van der Waals surface area contributed by atoms with Crippen LogP contribution in [0.25, 0.3) is 11.0 Å². The summed E-state index contributed by atoms with van der Waals surface area (Å²) < 4.78 is 0. The number of nitrogen functional groups attached to an aromatic ring is 1. The third-order valence-corrected chi connectivity index (χ3v) is 4.39. The van der Waals surface area contributed by atoms with Crippen LogP contribution in [0.5, 0.6) is 0 Å². The van der Waals surface area contributed by atoms with Gasteiger partial charge in [-0.05, 0) is 18.2 Å². The van der Waals surface area contributed by atoms with Crippen LogP contribution in [0, 0.1) is 0 Å². The third kappa shape index (κ3) is 2.47. The number of H-pyrrole nitrogens is 1. The van der Waals surface area contributed by atoms with Crippen molar-refractivity contribution in [1.82, 2.24) is 14.9 Å². The number of aromatic nitrogens is 2. The fourth-order valence-corrected chi connectivity index (χ4v) is 3.48. The highest BCUT2D eigenvalue weighted by molar-refractivity contribution is 7.99. The quantitative estimate of drug-likeness (QED) is 0.814. The highest BCUT2D eigenvalue weighted by atomic mass is 32.2. The number of benzene rings is 1. The lowest BCUT2D eigenvalue weighted by Crippen LogP contribution is -2.36. The second-order valence-corrected chi connectivity index (χ2v) is 6.42. The van der Waals surface area contributed by atoms with Crippen LogP contribution in [0.4, 0.5) is 5.69 Å². The van der Waals surface area contributed by atoms with Gasteiger partial charge in [0.15, 0.2) is 0 Å². The van der Waals surface area contributed by atoms with Crippen molar-refractivity contribution in [2.45, 2.75) is 18.7 Å². The molecule has 0 amide bonds. The Bertz CT molecular complexity index is 551. The van der Waals surface area contributed by atoms with Gasteiger partial charge in [0.1, 0.15) is 5.82 Å². The molecule has 1 aromatic carbocycles. The number of thioether (sulfide) groups is 1. The average molecular weight is 262 g/mol. The number of anilines is 1. The summed E-state index contributed by atoms with van der Waals surface area (Å²) in [6.07, 6.45) is 0. The van der Waals surface area contributed by atoms with Crippen LogP contribution in [0.3, 0.4) is 0 Å². The molecule has 1 unspecified atom stereocenters. The molecule has 1 aliphatic heterocycles. The first-order valence-corrected chi connectivity index (χ1v) is 7.33. The molecule has 1 aliphatic rings. The normalized spacial score (nSPS) is 21.5. The molecule has 0 radical (unpaired) electrons. The number of hydrogen-bond donors (Lipinski definition) is 2. The Morgan fingerprint density at radius 1 is 1.56 bits per heavy atom. The highest BCUT2D eigenvalue weighted by Crippen LogP contribution is 2.20. The van der Waals surface area contributed by atoms with E-state index in [-0.39, 0.29) is 0 Å². The van der Waals surface area contributed by atoms with Gasteiger partial charge in [-0.25, -0.2) is 4.98 Å². The zero-order valence-electron chi connectivity index (χ0n) is 10.5. The molecular weight excluding hydrogens is 244 g/mol. The van der Waals surface area contributed by atoms with Gasteiger partial charge in [-0.15, -0.1) is 0 Å². The topological polar surface area (TPSA) is 57.9 Å². The summed E-state index contributed by atoms with van der Waals surface area (Å²) in [5, 5.41) is 0.721. The van der Waals surface area contributed by atoms with Gasteiger partial charge in [-0.3, -0.25) is 4.90 Å². The van der Waals surface area contributed by atoms with Crippen LogP contribution >= 0.6 is 11.8 Å². The van der Waals surface area contributed by atoms with E-state index in [1.54, 1.807) is 0 Å². The minimum absolute atomic E-state index is 0.721. The first-order chi connectivity index (χ1) is 8.70. The minimum atomic E-state index is 0.721. The molecule has 0 aliphatic carbocycles. The Morgan fingerprint density at radius 2 is 2.44 bits per heavy atom. The van der Waals surface area contributed by atoms with E-state index in [9.17, 15) is 0 Å². The van der Waals surface area contributed by atoms with E-state index >= 15 is 0 Å². The molecule has 1 fully saturated rings. The lowest BCUT2D eigenvalue weighted by Gasteiger charge is -2.29. The van der Waals surface area contributed by atoms with Gasteiger partial charge in [-0.1, -0.05) is 6.92 Å². The first-order valence-electron chi connectivity index (χ1n) is 6.29. The monoisotopic (exact) mass is 262 g/mol. The number of hydrogen-bond acceptors (Lipinski definition) is 4. The predicted molar refractivity (Wildman–Crippen MR) is 77.7 cm³/mol. The molecule has 1 atom stereocenters. The molecule has 2 heterocycles. The Labute approximate surface area is 111 Å². The molecule has 3 rings (SSSR count). The van der Waals surface area contributed by atoms with E-state index in [1.165, 1.54) is 5.75 Å². The van der Waals surface area contributed by atoms with Crippen molar-refractivity contribution in [2.75, 3.05) is 24.6 Å². The number of nitrogens with two attached hydrogens (primary N) is 1. The molecule has 1 aromatic heterocycles. The van der Waals surface area contributed by atoms with E-state index in [0.29, 0.717) is 0 Å². The zero-order chi connectivity index (χ0) is 12.5. The third-order valence-electron chi connectivity index (χ3n) is 3.25. The summed E-state index contributed by atoms with van der Waals surface area (Å²) in [6.45, 7) is 5.48. The smallest absolute Gasteiger partial charge is 0.121 e. The number of nitrogens with zero attached hydrogens (tertiary/aromatic N) is 2. The van der Waals surface area contributed by atoms with Crippen molar-refractivity contribution < 1.29 is 0 Å². The standard InChI is InChI=1S/C13H18N4S/c1-9-7-17(4-5-18-9)8-13-15-11-3-2-10(14)6-12(11)16-13/h2-3,6,9H,4-5,7-8,14H2,1H3,(H,15,16). The summed E-state index contributed by atoms with van der Waals surface area (Å²) in [6, 6.07) is 5.81. The molecule has 1 saturated heterocycles. The fourth-order valence-electron chi connectivity index (χ4n) is 2.40. The van der Waals surface area contributed by atoms with Gasteiger partial charge in [0.25, 0.3) is 0 Å². The number of fused-ring (bicyclic) bond motifs is 1. The SMILES string of the molecule is CC1CN(Cc2nc3ccc(N)cc3[nH]2)CCS1. The summed E-state index contributed by atoms with van der Waals surface area (Å²) in [5.41, 5.74) is 8.58. The zero-order valence-corrected chi connectivity index (χ0v) is 11.3. The van der Waals surface area contributed by atoms with Gasteiger partial charge >= 0.3 is 0 Å². The van der Waals surface area contributed by atoms with E-state index in [1.807, 2.05) is 18.2 Å². The van der Waals surface area contributed by atoms with Crippen LogP contribution < -0.4 is 5.73 Å². The summed E-state index contributed by atoms with van der Waals surface area (Å²) in [4.78, 5) is 10.4. The van der Waals surface area contributed by atoms with Crippen LogP contribution in [0.2, 0.25) is 0 Å². The van der Waals surface area contributed by atoms with Crippen molar-refractivity contribution in [3.63, 3.8) is 0 Å². The van der Waals surface area contributed by atoms with E-state index in [0.717, 1.165) is 47.4 Å². The summed E-state index contributed by atoms with van der Waals surface area (Å²) in [7, 11) is 0. The van der Waals surface area contributed by atoms with E-state index < -0.39 is 0 Å². The highest BCUT2D eigenvalue weighted by Gasteiger charge is 2.17. The number of imidazole rings is 1. The average Bonchev–Trinajstić information content (AvgIpc) is 2.70.